The van der Waals surface area contributed by atoms with Gasteiger partial charge in [0.2, 0.25) is 5.91 Å². The number of rotatable bonds is 7. The molecule has 2 amide bonds. The Hall–Kier alpha value is -2.89. The Morgan fingerprint density at radius 3 is 2.26 bits per heavy atom. The Morgan fingerprint density at radius 2 is 1.61 bits per heavy atom. The van der Waals surface area contributed by atoms with Crippen molar-refractivity contribution in [1.82, 2.24) is 15.2 Å². The number of carbonyl (C=O) groups excluding carboxylic acids is 2. The van der Waals surface area contributed by atoms with Crippen LogP contribution in [0.4, 0.5) is 0 Å². The first-order valence-electron chi connectivity index (χ1n) is 11.2. The van der Waals surface area contributed by atoms with Gasteiger partial charge in [-0.25, -0.2) is 0 Å². The molecule has 31 heavy (non-hydrogen) atoms. The fourth-order valence-electron chi connectivity index (χ4n) is 4.00. The number of pyridine rings is 1. The first-order valence-corrected chi connectivity index (χ1v) is 11.2. The Balaban J connectivity index is 1.61. The topological polar surface area (TPSA) is 80.2 Å². The fourth-order valence-corrected chi connectivity index (χ4v) is 4.00. The molecule has 2 aromatic rings. The number of hydrogen-bond donors (Lipinski definition) is 2. The molecule has 0 radical (unpaired) electrons. The Morgan fingerprint density at radius 1 is 0.968 bits per heavy atom. The number of carbonyl (C=O) groups is 2. The lowest BCUT2D eigenvalue weighted by molar-refractivity contribution is -0.122. The molecule has 1 atom stereocenters. The fraction of sp³-hybridized carbons (Fsp3) is 0.480. The average molecular weight is 424 g/mol. The van der Waals surface area contributed by atoms with E-state index in [4.69, 9.17) is 0 Å². The Bertz CT molecular complexity index is 957. The van der Waals surface area contributed by atoms with Gasteiger partial charge in [-0.3, -0.25) is 14.4 Å². The smallest absolute Gasteiger partial charge is 0.252 e. The van der Waals surface area contributed by atoms with Gasteiger partial charge in [-0.2, -0.15) is 0 Å². The molecule has 0 bridgehead atoms. The van der Waals surface area contributed by atoms with Gasteiger partial charge in [0.1, 0.15) is 6.54 Å². The van der Waals surface area contributed by atoms with Gasteiger partial charge in [0.15, 0.2) is 0 Å². The van der Waals surface area contributed by atoms with Gasteiger partial charge in [0.05, 0.1) is 11.6 Å². The van der Waals surface area contributed by atoms with Crippen molar-refractivity contribution in [2.75, 3.05) is 0 Å². The highest BCUT2D eigenvalue weighted by atomic mass is 16.2. The largest absolute Gasteiger partial charge is 0.349 e. The number of aromatic nitrogens is 1. The summed E-state index contributed by atoms with van der Waals surface area (Å²) in [5.41, 5.74) is 2.34. The molecule has 3 rings (SSSR count). The maximum absolute atomic E-state index is 12.6. The van der Waals surface area contributed by atoms with Gasteiger partial charge >= 0.3 is 0 Å². The summed E-state index contributed by atoms with van der Waals surface area (Å²) in [6.07, 6.45) is 6.93. The first kappa shape index (κ1) is 22.8. The zero-order chi connectivity index (χ0) is 22.4. The third-order valence-electron chi connectivity index (χ3n) is 5.98. The van der Waals surface area contributed by atoms with Crippen molar-refractivity contribution < 1.29 is 9.59 Å². The maximum Gasteiger partial charge on any atom is 0.252 e. The number of nitrogens with zero attached hydrogens (tertiary/aromatic N) is 1. The third-order valence-corrected chi connectivity index (χ3v) is 5.98. The lowest BCUT2D eigenvalue weighted by atomic mass is 9.95. The van der Waals surface area contributed by atoms with Crippen LogP contribution in [0.15, 0.2) is 47.4 Å². The summed E-state index contributed by atoms with van der Waals surface area (Å²) in [7, 11) is 0. The van der Waals surface area contributed by atoms with Crippen LogP contribution in [-0.2, 0) is 11.3 Å². The molecule has 1 aromatic carbocycles. The Kier molecular flexibility index (Phi) is 7.66. The van der Waals surface area contributed by atoms with Crippen LogP contribution in [-0.4, -0.2) is 22.4 Å². The SMILES string of the molecule is CC(C)c1ccc([C@@H](C)NC(=O)Cn2cc(C(=O)NC3CCCCC3)ccc2=O)cc1. The second-order valence-electron chi connectivity index (χ2n) is 8.80. The van der Waals surface area contributed by atoms with Crippen molar-refractivity contribution in [3.05, 3.63) is 69.6 Å². The normalized spacial score (nSPS) is 15.5. The molecular weight excluding hydrogens is 390 g/mol. The summed E-state index contributed by atoms with van der Waals surface area (Å²) in [4.78, 5) is 37.4. The van der Waals surface area contributed by atoms with Gasteiger partial charge in [0.25, 0.3) is 11.5 Å². The number of hydrogen-bond acceptors (Lipinski definition) is 3. The van der Waals surface area contributed by atoms with E-state index in [1.165, 1.54) is 34.9 Å². The van der Waals surface area contributed by atoms with E-state index in [2.05, 4.69) is 36.6 Å². The van der Waals surface area contributed by atoms with Crippen molar-refractivity contribution in [3.8, 4) is 0 Å². The number of benzene rings is 1. The highest BCUT2D eigenvalue weighted by molar-refractivity contribution is 5.94. The molecule has 1 aromatic heterocycles. The summed E-state index contributed by atoms with van der Waals surface area (Å²) < 4.78 is 1.29. The van der Waals surface area contributed by atoms with E-state index in [0.29, 0.717) is 11.5 Å². The lowest BCUT2D eigenvalue weighted by Crippen LogP contribution is -2.37. The lowest BCUT2D eigenvalue weighted by Gasteiger charge is -2.22. The van der Waals surface area contributed by atoms with Crippen LogP contribution in [0.3, 0.4) is 0 Å². The predicted molar refractivity (Wildman–Crippen MR) is 122 cm³/mol. The summed E-state index contributed by atoms with van der Waals surface area (Å²) in [5.74, 6) is -0.0135. The van der Waals surface area contributed by atoms with Crippen LogP contribution in [0, 0.1) is 0 Å². The molecule has 2 N–H and O–H groups in total. The molecule has 0 saturated heterocycles. The van der Waals surface area contributed by atoms with Crippen LogP contribution >= 0.6 is 0 Å². The van der Waals surface area contributed by atoms with Crippen molar-refractivity contribution >= 4 is 11.8 Å². The number of amides is 2. The van der Waals surface area contributed by atoms with Crippen LogP contribution < -0.4 is 16.2 Å². The minimum atomic E-state index is -0.307. The van der Waals surface area contributed by atoms with E-state index in [0.717, 1.165) is 31.2 Å². The van der Waals surface area contributed by atoms with E-state index in [-0.39, 0.29) is 36.0 Å². The molecule has 6 heteroatoms. The van der Waals surface area contributed by atoms with Crippen LogP contribution in [0.5, 0.6) is 0 Å². The molecule has 166 valence electrons. The molecule has 1 fully saturated rings. The van der Waals surface area contributed by atoms with Gasteiger partial charge in [-0.1, -0.05) is 57.4 Å². The zero-order valence-electron chi connectivity index (χ0n) is 18.7. The summed E-state index contributed by atoms with van der Waals surface area (Å²) in [5, 5.41) is 5.98. The van der Waals surface area contributed by atoms with Crippen molar-refractivity contribution in [1.29, 1.82) is 0 Å². The van der Waals surface area contributed by atoms with E-state index < -0.39 is 0 Å². The van der Waals surface area contributed by atoms with E-state index in [9.17, 15) is 14.4 Å². The quantitative estimate of drug-likeness (QED) is 0.709. The summed E-state index contributed by atoms with van der Waals surface area (Å²) in [6, 6.07) is 11.1. The van der Waals surface area contributed by atoms with E-state index in [1.807, 2.05) is 19.1 Å². The Labute approximate surface area is 184 Å². The van der Waals surface area contributed by atoms with Crippen molar-refractivity contribution in [3.63, 3.8) is 0 Å². The molecule has 1 aliphatic rings. The standard InChI is InChI=1S/C25H33N3O3/c1-17(2)19-9-11-20(12-10-19)18(3)26-23(29)16-28-15-21(13-14-24(28)30)25(31)27-22-7-5-4-6-8-22/h9-15,17-18,22H,4-8,16H2,1-3H3,(H,26,29)(H,27,31)/t18-/m1/s1. The second-order valence-corrected chi connectivity index (χ2v) is 8.80. The van der Waals surface area contributed by atoms with Crippen LogP contribution in [0.25, 0.3) is 0 Å². The maximum atomic E-state index is 12.6. The molecule has 0 unspecified atom stereocenters. The van der Waals surface area contributed by atoms with Gasteiger partial charge < -0.3 is 15.2 Å². The van der Waals surface area contributed by atoms with E-state index in [1.54, 1.807) is 0 Å². The zero-order valence-corrected chi connectivity index (χ0v) is 18.7. The second kappa shape index (κ2) is 10.4. The molecule has 1 heterocycles. The third kappa shape index (κ3) is 6.29. The highest BCUT2D eigenvalue weighted by Crippen LogP contribution is 2.19. The first-order chi connectivity index (χ1) is 14.8. The molecule has 1 saturated carbocycles. The summed E-state index contributed by atoms with van der Waals surface area (Å²) >= 11 is 0. The van der Waals surface area contributed by atoms with Crippen molar-refractivity contribution in [2.24, 2.45) is 0 Å². The van der Waals surface area contributed by atoms with Gasteiger partial charge in [0, 0.05) is 18.3 Å². The van der Waals surface area contributed by atoms with Crippen LogP contribution in [0.1, 0.15) is 86.3 Å². The predicted octanol–water partition coefficient (Wildman–Crippen LogP) is 3.91. The molecular formula is C25H33N3O3. The van der Waals surface area contributed by atoms with E-state index >= 15 is 0 Å². The molecule has 1 aliphatic carbocycles. The monoisotopic (exact) mass is 423 g/mol. The number of nitrogens with one attached hydrogen (secondary N) is 2. The van der Waals surface area contributed by atoms with Crippen molar-refractivity contribution in [2.45, 2.75) is 77.4 Å². The van der Waals surface area contributed by atoms with Gasteiger partial charge in [-0.15, -0.1) is 0 Å². The molecule has 6 nitrogen and oxygen atoms in total. The highest BCUT2D eigenvalue weighted by Gasteiger charge is 2.18. The minimum Gasteiger partial charge on any atom is -0.349 e. The average Bonchev–Trinajstić information content (AvgIpc) is 2.76. The molecule has 0 spiro atoms. The summed E-state index contributed by atoms with van der Waals surface area (Å²) in [6.45, 7) is 6.07. The van der Waals surface area contributed by atoms with Gasteiger partial charge in [-0.05, 0) is 42.9 Å². The van der Waals surface area contributed by atoms with Crippen LogP contribution in [0.2, 0.25) is 0 Å². The minimum absolute atomic E-state index is 0.127. The molecule has 0 aliphatic heterocycles.